The third-order valence-corrected chi connectivity index (χ3v) is 6.86. The minimum Gasteiger partial charge on any atom is -0.338 e. The average Bonchev–Trinajstić information content (AvgIpc) is 3.04. The highest BCUT2D eigenvalue weighted by molar-refractivity contribution is 7.89. The number of hydrogen-bond donors (Lipinski definition) is 1. The SMILES string of the molecule is CCN(CC)S(=O)(=O)c1cc(C(=O)N2CCC(CN)C2)ccc1C.Cl. The Morgan fingerprint density at radius 2 is 1.96 bits per heavy atom. The summed E-state index contributed by atoms with van der Waals surface area (Å²) in [4.78, 5) is 14.7. The largest absolute Gasteiger partial charge is 0.338 e. The molecule has 1 saturated heterocycles. The van der Waals surface area contributed by atoms with Crippen molar-refractivity contribution in [3.05, 3.63) is 29.3 Å². The Hall–Kier alpha value is -1.15. The number of rotatable bonds is 6. The Balaban J connectivity index is 0.00000312. The van der Waals surface area contributed by atoms with Gasteiger partial charge in [-0.3, -0.25) is 4.79 Å². The van der Waals surface area contributed by atoms with Crippen molar-refractivity contribution in [2.75, 3.05) is 32.7 Å². The normalized spacial score (nSPS) is 17.6. The van der Waals surface area contributed by atoms with Crippen molar-refractivity contribution in [3.8, 4) is 0 Å². The average molecular weight is 390 g/mol. The number of nitrogens with two attached hydrogens (primary N) is 1. The lowest BCUT2D eigenvalue weighted by Gasteiger charge is -2.21. The number of benzene rings is 1. The number of sulfonamides is 1. The van der Waals surface area contributed by atoms with E-state index in [-0.39, 0.29) is 23.2 Å². The Labute approximate surface area is 156 Å². The summed E-state index contributed by atoms with van der Waals surface area (Å²) in [5, 5.41) is 0. The molecule has 1 heterocycles. The van der Waals surface area contributed by atoms with Gasteiger partial charge in [-0.15, -0.1) is 12.4 Å². The zero-order valence-corrected chi connectivity index (χ0v) is 16.7. The monoisotopic (exact) mass is 389 g/mol. The summed E-state index contributed by atoms with van der Waals surface area (Å²) in [6.45, 7) is 8.06. The van der Waals surface area contributed by atoms with Crippen LogP contribution in [-0.2, 0) is 10.0 Å². The van der Waals surface area contributed by atoms with Crippen molar-refractivity contribution in [1.82, 2.24) is 9.21 Å². The first kappa shape index (κ1) is 21.9. The van der Waals surface area contributed by atoms with Crippen LogP contribution in [0.2, 0.25) is 0 Å². The highest BCUT2D eigenvalue weighted by Crippen LogP contribution is 2.24. The van der Waals surface area contributed by atoms with E-state index in [9.17, 15) is 13.2 Å². The molecule has 1 atom stereocenters. The third kappa shape index (κ3) is 4.53. The smallest absolute Gasteiger partial charge is 0.253 e. The molecule has 6 nitrogen and oxygen atoms in total. The number of carbonyl (C=O) groups is 1. The van der Waals surface area contributed by atoms with Gasteiger partial charge >= 0.3 is 0 Å². The van der Waals surface area contributed by atoms with E-state index in [2.05, 4.69) is 0 Å². The molecule has 1 fully saturated rings. The molecular weight excluding hydrogens is 362 g/mol. The molecule has 0 aromatic heterocycles. The highest BCUT2D eigenvalue weighted by atomic mass is 35.5. The fourth-order valence-corrected chi connectivity index (χ4v) is 4.81. The minimum atomic E-state index is -3.58. The van der Waals surface area contributed by atoms with Gasteiger partial charge in [-0.1, -0.05) is 19.9 Å². The number of nitrogens with zero attached hydrogens (tertiary/aromatic N) is 2. The van der Waals surface area contributed by atoms with E-state index in [1.54, 1.807) is 24.0 Å². The number of carbonyl (C=O) groups excluding carboxylic acids is 1. The maximum atomic E-state index is 12.8. The fourth-order valence-electron chi connectivity index (χ4n) is 3.11. The summed E-state index contributed by atoms with van der Waals surface area (Å²) in [5.74, 6) is 0.209. The third-order valence-electron chi connectivity index (χ3n) is 4.66. The molecule has 1 amide bonds. The summed E-state index contributed by atoms with van der Waals surface area (Å²) in [6.07, 6.45) is 0.901. The Bertz CT molecular complexity index is 705. The zero-order chi connectivity index (χ0) is 17.9. The predicted molar refractivity (Wildman–Crippen MR) is 102 cm³/mol. The molecule has 0 radical (unpaired) electrons. The molecule has 2 N–H and O–H groups in total. The molecule has 1 aliphatic heterocycles. The first-order valence-electron chi connectivity index (χ1n) is 8.45. The minimum absolute atomic E-state index is 0. The van der Waals surface area contributed by atoms with Crippen molar-refractivity contribution in [1.29, 1.82) is 0 Å². The van der Waals surface area contributed by atoms with Crippen LogP contribution in [0.4, 0.5) is 0 Å². The number of hydrogen-bond acceptors (Lipinski definition) is 4. The number of amides is 1. The summed E-state index contributed by atoms with van der Waals surface area (Å²) in [5.41, 5.74) is 6.75. The van der Waals surface area contributed by atoms with E-state index in [1.807, 2.05) is 13.8 Å². The van der Waals surface area contributed by atoms with E-state index < -0.39 is 10.0 Å². The molecule has 142 valence electrons. The second-order valence-corrected chi connectivity index (χ2v) is 8.12. The quantitative estimate of drug-likeness (QED) is 0.804. The number of aryl methyl sites for hydroxylation is 1. The molecule has 2 rings (SSSR count). The lowest BCUT2D eigenvalue weighted by molar-refractivity contribution is 0.0787. The van der Waals surface area contributed by atoms with E-state index in [4.69, 9.17) is 5.73 Å². The molecule has 8 heteroatoms. The van der Waals surface area contributed by atoms with Crippen LogP contribution in [0.25, 0.3) is 0 Å². The first-order valence-corrected chi connectivity index (χ1v) is 9.89. The maximum Gasteiger partial charge on any atom is 0.253 e. The van der Waals surface area contributed by atoms with Crippen molar-refractivity contribution in [2.45, 2.75) is 32.1 Å². The standard InChI is InChI=1S/C17H27N3O3S.ClH/c1-4-20(5-2)24(22,23)16-10-15(7-6-13(16)3)17(21)19-9-8-14(11-18)12-19;/h6-7,10,14H,4-5,8-9,11-12,18H2,1-3H3;1H. The Morgan fingerprint density at radius 3 is 2.48 bits per heavy atom. The van der Waals surface area contributed by atoms with Crippen LogP contribution in [0.5, 0.6) is 0 Å². The van der Waals surface area contributed by atoms with Crippen LogP contribution in [0.15, 0.2) is 23.1 Å². The molecule has 25 heavy (non-hydrogen) atoms. The highest BCUT2D eigenvalue weighted by Gasteiger charge is 2.28. The lowest BCUT2D eigenvalue weighted by atomic mass is 10.1. The lowest BCUT2D eigenvalue weighted by Crippen LogP contribution is -2.32. The van der Waals surface area contributed by atoms with Crippen molar-refractivity contribution < 1.29 is 13.2 Å². The van der Waals surface area contributed by atoms with E-state index >= 15 is 0 Å². The molecule has 1 aromatic carbocycles. The summed E-state index contributed by atoms with van der Waals surface area (Å²) >= 11 is 0. The van der Waals surface area contributed by atoms with Gasteiger partial charge in [-0.05, 0) is 43.5 Å². The summed E-state index contributed by atoms with van der Waals surface area (Å²) < 4.78 is 27.0. The molecule has 0 saturated carbocycles. The van der Waals surface area contributed by atoms with E-state index in [0.717, 1.165) is 6.42 Å². The molecular formula is C17H28ClN3O3S. The van der Waals surface area contributed by atoms with Crippen LogP contribution in [0, 0.1) is 12.8 Å². The molecule has 0 spiro atoms. The van der Waals surface area contributed by atoms with E-state index in [1.165, 1.54) is 10.4 Å². The van der Waals surface area contributed by atoms with Gasteiger partial charge in [-0.2, -0.15) is 4.31 Å². The molecule has 1 aliphatic rings. The Kier molecular flexibility index (Phi) is 7.87. The number of halogens is 1. The van der Waals surface area contributed by atoms with Gasteiger partial charge in [0.25, 0.3) is 5.91 Å². The van der Waals surface area contributed by atoms with Crippen LogP contribution in [0.3, 0.4) is 0 Å². The van der Waals surface area contributed by atoms with Gasteiger partial charge in [0.1, 0.15) is 0 Å². The molecule has 0 aliphatic carbocycles. The summed E-state index contributed by atoms with van der Waals surface area (Å²) in [6, 6.07) is 4.93. The first-order chi connectivity index (χ1) is 11.3. The van der Waals surface area contributed by atoms with Gasteiger partial charge in [0, 0.05) is 31.7 Å². The number of likely N-dealkylation sites (tertiary alicyclic amines) is 1. The molecule has 1 aromatic rings. The molecule has 1 unspecified atom stereocenters. The Morgan fingerprint density at radius 1 is 1.32 bits per heavy atom. The van der Waals surface area contributed by atoms with Crippen molar-refractivity contribution >= 4 is 28.3 Å². The van der Waals surface area contributed by atoms with Crippen LogP contribution < -0.4 is 5.73 Å². The van der Waals surface area contributed by atoms with Gasteiger partial charge in [0.15, 0.2) is 0 Å². The van der Waals surface area contributed by atoms with Crippen molar-refractivity contribution in [3.63, 3.8) is 0 Å². The van der Waals surface area contributed by atoms with Crippen LogP contribution >= 0.6 is 12.4 Å². The van der Waals surface area contributed by atoms with Gasteiger partial charge in [-0.25, -0.2) is 8.42 Å². The zero-order valence-electron chi connectivity index (χ0n) is 15.1. The van der Waals surface area contributed by atoms with E-state index in [0.29, 0.717) is 49.8 Å². The van der Waals surface area contributed by atoms with Crippen LogP contribution in [-0.4, -0.2) is 56.3 Å². The van der Waals surface area contributed by atoms with Gasteiger partial charge in [0.2, 0.25) is 10.0 Å². The maximum absolute atomic E-state index is 12.8. The topological polar surface area (TPSA) is 83.7 Å². The van der Waals surface area contributed by atoms with Crippen molar-refractivity contribution in [2.24, 2.45) is 11.7 Å². The molecule has 0 bridgehead atoms. The second kappa shape index (κ2) is 8.98. The predicted octanol–water partition coefficient (Wildman–Crippen LogP) is 1.87. The van der Waals surface area contributed by atoms with Gasteiger partial charge < -0.3 is 10.6 Å². The van der Waals surface area contributed by atoms with Crippen LogP contribution in [0.1, 0.15) is 36.2 Å². The second-order valence-electron chi connectivity index (χ2n) is 6.21. The van der Waals surface area contributed by atoms with Gasteiger partial charge in [0.05, 0.1) is 4.90 Å². The fraction of sp³-hybridized carbons (Fsp3) is 0.588. The summed E-state index contributed by atoms with van der Waals surface area (Å²) in [7, 11) is -3.58.